The fourth-order valence-electron chi connectivity index (χ4n) is 2.14. The molecule has 0 saturated heterocycles. The van der Waals surface area contributed by atoms with Gasteiger partial charge in [-0.05, 0) is 48.7 Å². The highest BCUT2D eigenvalue weighted by Crippen LogP contribution is 2.21. The van der Waals surface area contributed by atoms with Gasteiger partial charge >= 0.3 is 0 Å². The van der Waals surface area contributed by atoms with Crippen molar-refractivity contribution in [1.29, 1.82) is 0 Å². The van der Waals surface area contributed by atoms with Gasteiger partial charge in [-0.25, -0.2) is 4.39 Å². The second-order valence-electron chi connectivity index (χ2n) is 4.91. The van der Waals surface area contributed by atoms with Crippen LogP contribution in [0, 0.1) is 5.82 Å². The van der Waals surface area contributed by atoms with Gasteiger partial charge in [-0.2, -0.15) is 0 Å². The van der Waals surface area contributed by atoms with Crippen LogP contribution in [0.3, 0.4) is 0 Å². The average molecular weight is 287 g/mol. The molecule has 0 heterocycles. The minimum Gasteiger partial charge on any atom is -0.396 e. The lowest BCUT2D eigenvalue weighted by Crippen LogP contribution is -2.18. The summed E-state index contributed by atoms with van der Waals surface area (Å²) in [4.78, 5) is 11.8. The molecule has 0 saturated carbocycles. The van der Waals surface area contributed by atoms with Crippen LogP contribution in [0.5, 0.6) is 0 Å². The van der Waals surface area contributed by atoms with Gasteiger partial charge in [0, 0.05) is 12.3 Å². The van der Waals surface area contributed by atoms with E-state index in [1.165, 1.54) is 19.1 Å². The predicted octanol–water partition coefficient (Wildman–Crippen LogP) is 3.10. The topological polar surface area (TPSA) is 49.3 Å². The van der Waals surface area contributed by atoms with E-state index in [2.05, 4.69) is 5.32 Å². The lowest BCUT2D eigenvalue weighted by molar-refractivity contribution is -0.117. The number of aliphatic hydroxyl groups is 1. The van der Waals surface area contributed by atoms with E-state index < -0.39 is 6.04 Å². The number of halogens is 1. The molecule has 0 aliphatic carbocycles. The lowest BCUT2D eigenvalue weighted by Gasteiger charge is -2.18. The van der Waals surface area contributed by atoms with Gasteiger partial charge in [-0.15, -0.1) is 0 Å². The van der Waals surface area contributed by atoms with Crippen LogP contribution in [0.4, 0.5) is 10.1 Å². The third-order valence-corrected chi connectivity index (χ3v) is 3.28. The zero-order chi connectivity index (χ0) is 15.2. The first-order valence-corrected chi connectivity index (χ1v) is 6.82. The number of carbonyl (C=O) groups is 1. The molecule has 0 radical (unpaired) electrons. The third kappa shape index (κ3) is 4.13. The van der Waals surface area contributed by atoms with Crippen molar-refractivity contribution >= 4 is 11.5 Å². The summed E-state index contributed by atoms with van der Waals surface area (Å²) in [7, 11) is 0. The van der Waals surface area contributed by atoms with E-state index >= 15 is 0 Å². The van der Waals surface area contributed by atoms with Gasteiger partial charge in [0.1, 0.15) is 11.9 Å². The molecule has 3 nitrogen and oxygen atoms in total. The molecule has 0 amide bonds. The van der Waals surface area contributed by atoms with E-state index in [-0.39, 0.29) is 18.2 Å². The molecule has 2 N–H and O–H groups in total. The van der Waals surface area contributed by atoms with Gasteiger partial charge in [0.05, 0.1) is 0 Å². The van der Waals surface area contributed by atoms with Crippen LogP contribution in [0.15, 0.2) is 48.5 Å². The molecule has 0 aliphatic heterocycles. The molecule has 4 heteroatoms. The van der Waals surface area contributed by atoms with Crippen LogP contribution in [-0.4, -0.2) is 17.5 Å². The highest BCUT2D eigenvalue weighted by Gasteiger charge is 2.16. The number of Topliss-reactive ketones (excluding diaryl/α,β-unsaturated/α-hetero) is 1. The molecule has 0 aliphatic rings. The summed E-state index contributed by atoms with van der Waals surface area (Å²) in [5.41, 5.74) is 2.56. The standard InChI is InChI=1S/C17H18FNO2/c1-12(21)17(14-4-6-15(18)7-5-14)19-16-8-2-13(3-9-16)10-11-20/h2-9,17,19-20H,10-11H2,1H3. The normalized spacial score (nSPS) is 12.0. The fourth-order valence-corrected chi connectivity index (χ4v) is 2.14. The summed E-state index contributed by atoms with van der Waals surface area (Å²) in [5, 5.41) is 12.0. The highest BCUT2D eigenvalue weighted by atomic mass is 19.1. The Morgan fingerprint density at radius 2 is 1.76 bits per heavy atom. The zero-order valence-corrected chi connectivity index (χ0v) is 11.8. The number of hydrogen-bond acceptors (Lipinski definition) is 3. The van der Waals surface area contributed by atoms with Crippen LogP contribution < -0.4 is 5.32 Å². The SMILES string of the molecule is CC(=O)C(Nc1ccc(CCO)cc1)c1ccc(F)cc1. The number of carbonyl (C=O) groups excluding carboxylic acids is 1. The van der Waals surface area contributed by atoms with Gasteiger partial charge in [0.2, 0.25) is 0 Å². The summed E-state index contributed by atoms with van der Waals surface area (Å²) >= 11 is 0. The molecule has 0 bridgehead atoms. The molecule has 0 fully saturated rings. The van der Waals surface area contributed by atoms with Crippen LogP contribution in [0.1, 0.15) is 24.1 Å². The Balaban J connectivity index is 2.16. The Bertz CT molecular complexity index is 593. The van der Waals surface area contributed by atoms with Crippen molar-refractivity contribution in [1.82, 2.24) is 0 Å². The van der Waals surface area contributed by atoms with Gasteiger partial charge in [-0.1, -0.05) is 24.3 Å². The van der Waals surface area contributed by atoms with Crippen molar-refractivity contribution in [2.24, 2.45) is 0 Å². The molecular formula is C17H18FNO2. The largest absolute Gasteiger partial charge is 0.396 e. The fraction of sp³-hybridized carbons (Fsp3) is 0.235. The van der Waals surface area contributed by atoms with E-state index in [4.69, 9.17) is 5.11 Å². The maximum absolute atomic E-state index is 13.0. The van der Waals surface area contributed by atoms with Gasteiger partial charge in [0.15, 0.2) is 5.78 Å². The Hall–Kier alpha value is -2.20. The van der Waals surface area contributed by atoms with Crippen molar-refractivity contribution < 1.29 is 14.3 Å². The quantitative estimate of drug-likeness (QED) is 0.858. The summed E-state index contributed by atoms with van der Waals surface area (Å²) in [6.45, 7) is 1.61. The molecular weight excluding hydrogens is 269 g/mol. The van der Waals surface area contributed by atoms with E-state index in [0.717, 1.165) is 16.8 Å². The lowest BCUT2D eigenvalue weighted by atomic mass is 10.0. The summed E-state index contributed by atoms with van der Waals surface area (Å²) in [6.07, 6.45) is 0.606. The zero-order valence-electron chi connectivity index (χ0n) is 11.8. The molecule has 0 aromatic heterocycles. The smallest absolute Gasteiger partial charge is 0.156 e. The maximum atomic E-state index is 13.0. The molecule has 1 unspecified atom stereocenters. The number of benzene rings is 2. The molecule has 2 aromatic rings. The van der Waals surface area contributed by atoms with E-state index in [0.29, 0.717) is 6.42 Å². The second kappa shape index (κ2) is 6.99. The Morgan fingerprint density at radius 1 is 1.14 bits per heavy atom. The second-order valence-corrected chi connectivity index (χ2v) is 4.91. The number of rotatable bonds is 6. The van der Waals surface area contributed by atoms with Gasteiger partial charge < -0.3 is 10.4 Å². The first-order valence-electron chi connectivity index (χ1n) is 6.82. The average Bonchev–Trinajstić information content (AvgIpc) is 2.47. The highest BCUT2D eigenvalue weighted by molar-refractivity contribution is 5.85. The first kappa shape index (κ1) is 15.2. The molecule has 110 valence electrons. The minimum absolute atomic E-state index is 0.0407. The third-order valence-electron chi connectivity index (χ3n) is 3.28. The molecule has 2 rings (SSSR count). The Morgan fingerprint density at radius 3 is 2.29 bits per heavy atom. The maximum Gasteiger partial charge on any atom is 0.156 e. The minimum atomic E-state index is -0.505. The van der Waals surface area contributed by atoms with Crippen LogP contribution >= 0.6 is 0 Å². The van der Waals surface area contributed by atoms with Crippen molar-refractivity contribution in [2.45, 2.75) is 19.4 Å². The van der Waals surface area contributed by atoms with Crippen LogP contribution in [0.25, 0.3) is 0 Å². The Kier molecular flexibility index (Phi) is 5.06. The first-order chi connectivity index (χ1) is 10.1. The molecule has 1 atom stereocenters. The number of nitrogens with one attached hydrogen (secondary N) is 1. The van der Waals surface area contributed by atoms with Crippen molar-refractivity contribution in [3.05, 3.63) is 65.5 Å². The molecule has 2 aromatic carbocycles. The molecule has 21 heavy (non-hydrogen) atoms. The van der Waals surface area contributed by atoms with E-state index in [1.54, 1.807) is 12.1 Å². The molecule has 0 spiro atoms. The summed E-state index contributed by atoms with van der Waals surface area (Å²) in [6, 6.07) is 12.9. The van der Waals surface area contributed by atoms with Crippen molar-refractivity contribution in [3.8, 4) is 0 Å². The van der Waals surface area contributed by atoms with Crippen molar-refractivity contribution in [3.63, 3.8) is 0 Å². The van der Waals surface area contributed by atoms with E-state index in [1.807, 2.05) is 24.3 Å². The summed E-state index contributed by atoms with van der Waals surface area (Å²) in [5.74, 6) is -0.365. The number of hydrogen-bond donors (Lipinski definition) is 2. The monoisotopic (exact) mass is 287 g/mol. The van der Waals surface area contributed by atoms with Gasteiger partial charge in [0.25, 0.3) is 0 Å². The number of anilines is 1. The number of ketones is 1. The van der Waals surface area contributed by atoms with Gasteiger partial charge in [-0.3, -0.25) is 4.79 Å². The summed E-state index contributed by atoms with van der Waals surface area (Å²) < 4.78 is 13.0. The Labute approximate surface area is 123 Å². The number of aliphatic hydroxyl groups excluding tert-OH is 1. The van der Waals surface area contributed by atoms with Crippen LogP contribution in [-0.2, 0) is 11.2 Å². The van der Waals surface area contributed by atoms with Crippen LogP contribution in [0.2, 0.25) is 0 Å². The predicted molar refractivity (Wildman–Crippen MR) is 80.7 cm³/mol. The van der Waals surface area contributed by atoms with E-state index in [9.17, 15) is 9.18 Å². The van der Waals surface area contributed by atoms with Crippen molar-refractivity contribution in [2.75, 3.05) is 11.9 Å².